The normalized spacial score (nSPS) is 10.3. The van der Waals surface area contributed by atoms with Crippen LogP contribution in [0.3, 0.4) is 0 Å². The fourth-order valence-corrected chi connectivity index (χ4v) is 1.78. The molecule has 0 aliphatic carbocycles. The van der Waals surface area contributed by atoms with Gasteiger partial charge in [-0.05, 0) is 34.1 Å². The van der Waals surface area contributed by atoms with Crippen molar-refractivity contribution in [3.05, 3.63) is 40.4 Å². The van der Waals surface area contributed by atoms with Gasteiger partial charge in [0.05, 0.1) is 5.56 Å². The zero-order chi connectivity index (χ0) is 12.4. The van der Waals surface area contributed by atoms with E-state index in [1.165, 1.54) is 29.2 Å². The zero-order valence-corrected chi connectivity index (χ0v) is 10.4. The maximum absolute atomic E-state index is 12.9. The number of aromatic nitrogens is 3. The van der Waals surface area contributed by atoms with Gasteiger partial charge in [0.25, 0.3) is 5.91 Å². The van der Waals surface area contributed by atoms with Crippen molar-refractivity contribution in [2.45, 2.75) is 0 Å². The minimum atomic E-state index is -0.410. The van der Waals surface area contributed by atoms with Crippen LogP contribution in [0.1, 0.15) is 10.4 Å². The largest absolute Gasteiger partial charge is 0.291 e. The fourth-order valence-electron chi connectivity index (χ4n) is 1.25. The molecule has 0 unspecified atom stereocenters. The van der Waals surface area contributed by atoms with Gasteiger partial charge in [-0.3, -0.25) is 10.1 Å². The van der Waals surface area contributed by atoms with Crippen LogP contribution in [-0.4, -0.2) is 20.7 Å². The van der Waals surface area contributed by atoms with Gasteiger partial charge in [0.1, 0.15) is 12.1 Å². The average Bonchev–Trinajstić information content (AvgIpc) is 2.64. The van der Waals surface area contributed by atoms with Crippen LogP contribution < -0.4 is 5.32 Å². The summed E-state index contributed by atoms with van der Waals surface area (Å²) in [5.41, 5.74) is 0.328. The summed E-state index contributed by atoms with van der Waals surface area (Å²) in [7, 11) is 1.66. The lowest BCUT2D eigenvalue weighted by Gasteiger charge is -2.05. The molecule has 0 saturated heterocycles. The molecule has 88 valence electrons. The topological polar surface area (TPSA) is 59.8 Å². The summed E-state index contributed by atoms with van der Waals surface area (Å²) < 4.78 is 14.7. The molecule has 1 N–H and O–H groups in total. The maximum Gasteiger partial charge on any atom is 0.259 e. The molecule has 2 aromatic rings. The summed E-state index contributed by atoms with van der Waals surface area (Å²) in [6, 6.07) is 3.84. The van der Waals surface area contributed by atoms with E-state index in [1.54, 1.807) is 7.05 Å². The quantitative estimate of drug-likeness (QED) is 0.922. The highest BCUT2D eigenvalue weighted by Crippen LogP contribution is 2.18. The minimum absolute atomic E-state index is 0.325. The molecule has 0 saturated carbocycles. The molecular weight excluding hydrogens is 291 g/mol. The number of benzene rings is 1. The number of aryl methyl sites for hydroxylation is 1. The molecule has 0 aliphatic heterocycles. The van der Waals surface area contributed by atoms with Crippen molar-refractivity contribution in [2.24, 2.45) is 7.05 Å². The standard InChI is InChI=1S/C10H8BrFN4O/c1-16-10(13-5-14-16)15-9(17)7-3-2-6(12)4-8(7)11/h2-5H,1H3,(H,13,14,15,17). The summed E-state index contributed by atoms with van der Waals surface area (Å²) in [6.07, 6.45) is 1.33. The Morgan fingerprint density at radius 2 is 2.29 bits per heavy atom. The lowest BCUT2D eigenvalue weighted by atomic mass is 10.2. The number of hydrogen-bond acceptors (Lipinski definition) is 3. The summed E-state index contributed by atoms with van der Waals surface area (Å²) in [5, 5.41) is 6.38. The van der Waals surface area contributed by atoms with Gasteiger partial charge in [0.2, 0.25) is 5.95 Å². The average molecular weight is 299 g/mol. The Bertz CT molecular complexity index is 569. The third-order valence-electron chi connectivity index (χ3n) is 2.11. The number of rotatable bonds is 2. The van der Waals surface area contributed by atoms with E-state index in [0.717, 1.165) is 0 Å². The number of carbonyl (C=O) groups is 1. The lowest BCUT2D eigenvalue weighted by molar-refractivity contribution is 0.102. The Balaban J connectivity index is 2.23. The van der Waals surface area contributed by atoms with Crippen LogP contribution in [0.4, 0.5) is 10.3 Å². The molecule has 7 heteroatoms. The molecule has 0 atom stereocenters. The highest BCUT2D eigenvalue weighted by atomic mass is 79.9. The van der Waals surface area contributed by atoms with E-state index in [4.69, 9.17) is 0 Å². The minimum Gasteiger partial charge on any atom is -0.291 e. The van der Waals surface area contributed by atoms with E-state index < -0.39 is 5.82 Å². The molecule has 5 nitrogen and oxygen atoms in total. The number of amides is 1. The first-order chi connectivity index (χ1) is 8.08. The Hall–Kier alpha value is -1.76. The van der Waals surface area contributed by atoms with Crippen LogP contribution in [0.15, 0.2) is 29.0 Å². The molecule has 0 radical (unpaired) electrons. The van der Waals surface area contributed by atoms with E-state index >= 15 is 0 Å². The summed E-state index contributed by atoms with van der Waals surface area (Å²) in [5.74, 6) is -0.466. The Morgan fingerprint density at radius 3 is 2.88 bits per heavy atom. The first-order valence-corrected chi connectivity index (χ1v) is 5.47. The Morgan fingerprint density at radius 1 is 1.53 bits per heavy atom. The highest BCUT2D eigenvalue weighted by Gasteiger charge is 2.12. The van der Waals surface area contributed by atoms with E-state index in [2.05, 4.69) is 31.3 Å². The molecule has 0 spiro atoms. The predicted octanol–water partition coefficient (Wildman–Crippen LogP) is 1.97. The number of nitrogens with one attached hydrogen (secondary N) is 1. The highest BCUT2D eigenvalue weighted by molar-refractivity contribution is 9.10. The van der Waals surface area contributed by atoms with Gasteiger partial charge in [0, 0.05) is 11.5 Å². The zero-order valence-electron chi connectivity index (χ0n) is 8.82. The molecule has 0 fully saturated rings. The van der Waals surface area contributed by atoms with Crippen LogP contribution >= 0.6 is 15.9 Å². The first-order valence-electron chi connectivity index (χ1n) is 4.68. The third kappa shape index (κ3) is 2.50. The van der Waals surface area contributed by atoms with Crippen molar-refractivity contribution in [3.63, 3.8) is 0 Å². The lowest BCUT2D eigenvalue weighted by Crippen LogP contribution is -2.16. The Labute approximate surface area is 105 Å². The Kier molecular flexibility index (Phi) is 3.19. The van der Waals surface area contributed by atoms with Gasteiger partial charge in [-0.25, -0.2) is 9.07 Å². The van der Waals surface area contributed by atoms with Crippen LogP contribution in [0.2, 0.25) is 0 Å². The van der Waals surface area contributed by atoms with E-state index in [9.17, 15) is 9.18 Å². The van der Waals surface area contributed by atoms with Crippen LogP contribution in [-0.2, 0) is 7.05 Å². The van der Waals surface area contributed by atoms with E-state index in [-0.39, 0.29) is 5.91 Å². The third-order valence-corrected chi connectivity index (χ3v) is 2.77. The first kappa shape index (κ1) is 11.7. The number of hydrogen-bond donors (Lipinski definition) is 1. The van der Waals surface area contributed by atoms with Crippen molar-refractivity contribution >= 4 is 27.8 Å². The van der Waals surface area contributed by atoms with Crippen molar-refractivity contribution in [2.75, 3.05) is 5.32 Å². The molecule has 1 amide bonds. The summed E-state index contributed by atoms with van der Waals surface area (Å²) in [6.45, 7) is 0. The van der Waals surface area contributed by atoms with Gasteiger partial charge >= 0.3 is 0 Å². The van der Waals surface area contributed by atoms with Crippen LogP contribution in [0.25, 0.3) is 0 Å². The molecule has 0 bridgehead atoms. The maximum atomic E-state index is 12.9. The molecular formula is C10H8BrFN4O. The summed E-state index contributed by atoms with van der Waals surface area (Å²) in [4.78, 5) is 15.7. The molecule has 1 heterocycles. The molecule has 1 aromatic heterocycles. The predicted molar refractivity (Wildman–Crippen MR) is 63.1 cm³/mol. The monoisotopic (exact) mass is 298 g/mol. The van der Waals surface area contributed by atoms with Gasteiger partial charge in [-0.15, -0.1) is 0 Å². The van der Waals surface area contributed by atoms with Gasteiger partial charge < -0.3 is 0 Å². The SMILES string of the molecule is Cn1ncnc1NC(=O)c1ccc(F)cc1Br. The second-order valence-electron chi connectivity index (χ2n) is 3.29. The number of anilines is 1. The number of halogens is 2. The van der Waals surface area contributed by atoms with Gasteiger partial charge in [0.15, 0.2) is 0 Å². The van der Waals surface area contributed by atoms with E-state index in [1.807, 2.05) is 0 Å². The molecule has 1 aromatic carbocycles. The van der Waals surface area contributed by atoms with Gasteiger partial charge in [-0.2, -0.15) is 10.1 Å². The summed E-state index contributed by atoms with van der Waals surface area (Å²) >= 11 is 3.13. The van der Waals surface area contributed by atoms with Crippen molar-refractivity contribution in [1.82, 2.24) is 14.8 Å². The molecule has 2 rings (SSSR count). The fraction of sp³-hybridized carbons (Fsp3) is 0.100. The second-order valence-corrected chi connectivity index (χ2v) is 4.14. The molecule has 17 heavy (non-hydrogen) atoms. The van der Waals surface area contributed by atoms with Crippen molar-refractivity contribution in [3.8, 4) is 0 Å². The van der Waals surface area contributed by atoms with Gasteiger partial charge in [-0.1, -0.05) is 0 Å². The van der Waals surface area contributed by atoms with Crippen LogP contribution in [0, 0.1) is 5.82 Å². The van der Waals surface area contributed by atoms with E-state index in [0.29, 0.717) is 16.0 Å². The van der Waals surface area contributed by atoms with Crippen LogP contribution in [0.5, 0.6) is 0 Å². The smallest absolute Gasteiger partial charge is 0.259 e. The van der Waals surface area contributed by atoms with Crippen molar-refractivity contribution < 1.29 is 9.18 Å². The molecule has 0 aliphatic rings. The number of carbonyl (C=O) groups excluding carboxylic acids is 1. The van der Waals surface area contributed by atoms with Crippen molar-refractivity contribution in [1.29, 1.82) is 0 Å². The second kappa shape index (κ2) is 4.62. The number of nitrogens with zero attached hydrogens (tertiary/aromatic N) is 3.